The Kier molecular flexibility index (Phi) is 7.01. The molecule has 5 nitrogen and oxygen atoms in total. The second-order valence-corrected chi connectivity index (χ2v) is 9.15. The Morgan fingerprint density at radius 3 is 1.51 bits per heavy atom. The van der Waals surface area contributed by atoms with Crippen molar-refractivity contribution in [1.29, 1.82) is 0 Å². The average molecular weight is 505 g/mol. The van der Waals surface area contributed by atoms with Crippen LogP contribution in [0.5, 0.6) is 0 Å². The molecule has 0 saturated carbocycles. The van der Waals surface area contributed by atoms with Gasteiger partial charge in [0.2, 0.25) is 11.8 Å². The third-order valence-corrected chi connectivity index (χ3v) is 6.88. The molecule has 182 valence electrons. The molecule has 6 heteroatoms. The van der Waals surface area contributed by atoms with Gasteiger partial charge in [-0.3, -0.25) is 24.2 Å². The standard InChI is InChI=1S/C31H24N2O3S/c34-27(23-15-7-2-8-16-23)21-26(22-13-5-1-6-14-22)28-29(35)32(24-17-9-3-10-18-24)31(37)33(30(28)36)25-19-11-4-12-20-25/h1-20,26,28H,21H2. The van der Waals surface area contributed by atoms with Crippen LogP contribution >= 0.6 is 12.2 Å². The summed E-state index contributed by atoms with van der Waals surface area (Å²) in [6.45, 7) is 0. The summed E-state index contributed by atoms with van der Waals surface area (Å²) in [5.74, 6) is -2.86. The zero-order valence-corrected chi connectivity index (χ0v) is 20.8. The summed E-state index contributed by atoms with van der Waals surface area (Å²) in [4.78, 5) is 44.5. The second-order valence-electron chi connectivity index (χ2n) is 8.79. The first-order valence-electron chi connectivity index (χ1n) is 12.0. The van der Waals surface area contributed by atoms with Crippen LogP contribution in [0.2, 0.25) is 0 Å². The van der Waals surface area contributed by atoms with E-state index in [0.29, 0.717) is 16.9 Å². The van der Waals surface area contributed by atoms with E-state index in [0.717, 1.165) is 5.56 Å². The van der Waals surface area contributed by atoms with E-state index in [4.69, 9.17) is 12.2 Å². The highest BCUT2D eigenvalue weighted by atomic mass is 32.1. The minimum absolute atomic E-state index is 0.00576. The Labute approximate surface area is 221 Å². The minimum Gasteiger partial charge on any atom is -0.294 e. The molecule has 5 rings (SSSR count). The molecule has 0 N–H and O–H groups in total. The summed E-state index contributed by atoms with van der Waals surface area (Å²) >= 11 is 5.73. The van der Waals surface area contributed by atoms with Crippen molar-refractivity contribution in [3.8, 4) is 0 Å². The van der Waals surface area contributed by atoms with E-state index in [1.807, 2.05) is 72.8 Å². The molecule has 37 heavy (non-hydrogen) atoms. The molecule has 1 heterocycles. The van der Waals surface area contributed by atoms with Crippen LogP contribution in [0.4, 0.5) is 11.4 Å². The molecule has 1 aliphatic heterocycles. The summed E-state index contributed by atoms with van der Waals surface area (Å²) in [5.41, 5.74) is 2.41. The largest absolute Gasteiger partial charge is 0.294 e. The average Bonchev–Trinajstić information content (AvgIpc) is 2.94. The zero-order chi connectivity index (χ0) is 25.8. The topological polar surface area (TPSA) is 57.7 Å². The Morgan fingerprint density at radius 2 is 1.05 bits per heavy atom. The fraction of sp³-hybridized carbons (Fsp3) is 0.0968. The highest BCUT2D eigenvalue weighted by Crippen LogP contribution is 2.38. The van der Waals surface area contributed by atoms with Crippen LogP contribution in [0, 0.1) is 5.92 Å². The van der Waals surface area contributed by atoms with Gasteiger partial charge in [-0.2, -0.15) is 0 Å². The summed E-state index contributed by atoms with van der Waals surface area (Å²) in [7, 11) is 0. The smallest absolute Gasteiger partial charge is 0.246 e. The molecule has 0 spiro atoms. The number of benzene rings is 4. The molecule has 0 aromatic heterocycles. The number of Topliss-reactive ketones (excluding diaryl/α,β-unsaturated/α-hetero) is 1. The van der Waals surface area contributed by atoms with E-state index in [2.05, 4.69) is 0 Å². The van der Waals surface area contributed by atoms with Crippen LogP contribution < -0.4 is 9.80 Å². The first kappa shape index (κ1) is 24.3. The minimum atomic E-state index is -1.15. The van der Waals surface area contributed by atoms with Crippen LogP contribution in [0.3, 0.4) is 0 Å². The molecule has 0 aliphatic carbocycles. The molecule has 4 aromatic carbocycles. The molecule has 1 unspecified atom stereocenters. The van der Waals surface area contributed by atoms with Gasteiger partial charge in [-0.1, -0.05) is 97.1 Å². The van der Waals surface area contributed by atoms with Gasteiger partial charge in [0.25, 0.3) is 0 Å². The van der Waals surface area contributed by atoms with Crippen LogP contribution in [0.15, 0.2) is 121 Å². The molecule has 0 bridgehead atoms. The summed E-state index contributed by atoms with van der Waals surface area (Å²) < 4.78 is 0. The molecule has 1 saturated heterocycles. The number of amides is 2. The lowest BCUT2D eigenvalue weighted by Gasteiger charge is -2.41. The van der Waals surface area contributed by atoms with Crippen molar-refractivity contribution in [3.05, 3.63) is 132 Å². The molecule has 1 fully saturated rings. The number of carbonyl (C=O) groups is 3. The lowest BCUT2D eigenvalue weighted by molar-refractivity contribution is -0.133. The summed E-state index contributed by atoms with van der Waals surface area (Å²) in [5, 5.41) is 0.0878. The fourth-order valence-electron chi connectivity index (χ4n) is 4.72. The molecular weight excluding hydrogens is 480 g/mol. The Hall–Kier alpha value is -4.42. The normalized spacial score (nSPS) is 15.1. The summed E-state index contributed by atoms with van der Waals surface area (Å²) in [6, 6.07) is 36.3. The first-order valence-corrected chi connectivity index (χ1v) is 12.4. The van der Waals surface area contributed by atoms with Crippen LogP contribution in [-0.2, 0) is 9.59 Å². The first-order chi connectivity index (χ1) is 18.1. The van der Waals surface area contributed by atoms with E-state index in [1.54, 1.807) is 48.5 Å². The number of para-hydroxylation sites is 2. The highest BCUT2D eigenvalue weighted by Gasteiger charge is 2.49. The predicted octanol–water partition coefficient (Wildman–Crippen LogP) is 6.02. The van der Waals surface area contributed by atoms with Crippen molar-refractivity contribution < 1.29 is 14.4 Å². The van der Waals surface area contributed by atoms with Gasteiger partial charge in [0, 0.05) is 17.9 Å². The predicted molar refractivity (Wildman–Crippen MR) is 149 cm³/mol. The third kappa shape index (κ3) is 4.84. The maximum Gasteiger partial charge on any atom is 0.246 e. The lowest BCUT2D eigenvalue weighted by Crippen LogP contribution is -2.61. The second kappa shape index (κ2) is 10.7. The number of anilines is 2. The zero-order valence-electron chi connectivity index (χ0n) is 19.9. The third-order valence-electron chi connectivity index (χ3n) is 6.52. The number of hydrogen-bond donors (Lipinski definition) is 0. The van der Waals surface area contributed by atoms with Gasteiger partial charge in [-0.25, -0.2) is 0 Å². The number of carbonyl (C=O) groups excluding carboxylic acids is 3. The maximum atomic E-state index is 14.1. The van der Waals surface area contributed by atoms with Crippen LogP contribution in [-0.4, -0.2) is 22.7 Å². The fourth-order valence-corrected chi connectivity index (χ4v) is 5.11. The Bertz CT molecular complexity index is 1370. The molecule has 1 aliphatic rings. The van der Waals surface area contributed by atoms with Crippen molar-refractivity contribution in [1.82, 2.24) is 0 Å². The molecule has 1 atom stereocenters. The number of thiocarbonyl (C=S) groups is 1. The van der Waals surface area contributed by atoms with Gasteiger partial charge >= 0.3 is 0 Å². The Balaban J connectivity index is 1.63. The van der Waals surface area contributed by atoms with Gasteiger partial charge in [-0.15, -0.1) is 0 Å². The molecule has 0 radical (unpaired) electrons. The van der Waals surface area contributed by atoms with Gasteiger partial charge in [0.05, 0.1) is 11.4 Å². The van der Waals surface area contributed by atoms with Crippen molar-refractivity contribution in [2.75, 3.05) is 9.80 Å². The van der Waals surface area contributed by atoms with Crippen LogP contribution in [0.25, 0.3) is 0 Å². The van der Waals surface area contributed by atoms with Gasteiger partial charge < -0.3 is 0 Å². The maximum absolute atomic E-state index is 14.1. The van der Waals surface area contributed by atoms with Crippen molar-refractivity contribution in [3.63, 3.8) is 0 Å². The van der Waals surface area contributed by atoms with E-state index < -0.39 is 23.7 Å². The van der Waals surface area contributed by atoms with Crippen molar-refractivity contribution in [2.45, 2.75) is 12.3 Å². The van der Waals surface area contributed by atoms with Crippen molar-refractivity contribution >= 4 is 46.3 Å². The van der Waals surface area contributed by atoms with E-state index in [9.17, 15) is 14.4 Å². The number of ketones is 1. The lowest BCUT2D eigenvalue weighted by atomic mass is 9.79. The SMILES string of the molecule is O=C(CC(c1ccccc1)C1C(=O)N(c2ccccc2)C(=S)N(c2ccccc2)C1=O)c1ccccc1. The molecule has 2 amide bonds. The number of nitrogens with zero attached hydrogens (tertiary/aromatic N) is 2. The number of hydrogen-bond acceptors (Lipinski definition) is 4. The van der Waals surface area contributed by atoms with Gasteiger partial charge in [0.1, 0.15) is 5.92 Å². The number of rotatable bonds is 7. The van der Waals surface area contributed by atoms with Crippen LogP contribution in [0.1, 0.15) is 28.3 Å². The quantitative estimate of drug-likeness (QED) is 0.175. The van der Waals surface area contributed by atoms with Gasteiger partial charge in [-0.05, 0) is 42.0 Å². The summed E-state index contributed by atoms with van der Waals surface area (Å²) in [6.07, 6.45) is -0.00576. The monoisotopic (exact) mass is 504 g/mol. The van der Waals surface area contributed by atoms with Crippen molar-refractivity contribution in [2.24, 2.45) is 5.92 Å². The molecule has 4 aromatic rings. The van der Waals surface area contributed by atoms with E-state index >= 15 is 0 Å². The molecular formula is C31H24N2O3S. The van der Waals surface area contributed by atoms with Gasteiger partial charge in [0.15, 0.2) is 10.9 Å². The highest BCUT2D eigenvalue weighted by molar-refractivity contribution is 7.81. The Morgan fingerprint density at radius 1 is 0.649 bits per heavy atom. The van der Waals surface area contributed by atoms with E-state index in [1.165, 1.54) is 9.80 Å². The van der Waals surface area contributed by atoms with E-state index in [-0.39, 0.29) is 17.3 Å².